The highest BCUT2D eigenvalue weighted by Crippen LogP contribution is 2.26. The molecule has 13 amide bonds. The van der Waals surface area contributed by atoms with Crippen molar-refractivity contribution in [2.24, 2.45) is 29.4 Å². The minimum Gasteiger partial charge on any atom is -0.375 e. The van der Waals surface area contributed by atoms with E-state index in [0.29, 0.717) is 29.1 Å². The summed E-state index contributed by atoms with van der Waals surface area (Å²) in [6, 6.07) is -8.11. The topological polar surface area (TPSA) is 244 Å². The van der Waals surface area contributed by atoms with Gasteiger partial charge in [-0.1, -0.05) is 54.9 Å². The van der Waals surface area contributed by atoms with Crippen molar-refractivity contribution in [2.45, 2.75) is 111 Å². The molecule has 0 bridgehead atoms. The number of ether oxygens (including phenoxy) is 1. The molecule has 59 heavy (non-hydrogen) atoms. The predicted octanol–water partition coefficient (Wildman–Crippen LogP) is 1.48. The van der Waals surface area contributed by atoms with Gasteiger partial charge in [0.2, 0.25) is 23.6 Å². The van der Waals surface area contributed by atoms with E-state index in [0.717, 1.165) is 23.3 Å². The van der Waals surface area contributed by atoms with Crippen LogP contribution in [-0.2, 0) is 28.7 Å². The fraction of sp³-hybridized carbons (Fsp3) is 0.769. The van der Waals surface area contributed by atoms with Crippen LogP contribution in [0.4, 0.5) is 19.2 Å². The van der Waals surface area contributed by atoms with Crippen LogP contribution < -0.4 is 21.7 Å². The smallest absolute Gasteiger partial charge is 0.335 e. The maximum atomic E-state index is 14.0. The first-order chi connectivity index (χ1) is 27.3. The molecule has 1 aliphatic rings. The molecule has 6 atom stereocenters. The van der Waals surface area contributed by atoms with Crippen LogP contribution in [0.2, 0.25) is 0 Å². The molecule has 0 unspecified atom stereocenters. The Balaban J connectivity index is 3.30. The van der Waals surface area contributed by atoms with E-state index < -0.39 is 96.4 Å². The number of carbonyl (C=O) groups is 9. The molecule has 5 N–H and O–H groups in total. The number of amides is 13. The van der Waals surface area contributed by atoms with Crippen LogP contribution in [-0.4, -0.2) is 176 Å². The van der Waals surface area contributed by atoms with Gasteiger partial charge in [0.05, 0.1) is 6.10 Å². The number of nitrogens with two attached hydrogens (primary N) is 1. The summed E-state index contributed by atoms with van der Waals surface area (Å²) in [5, 5.41) is 7.34. The number of nitrogens with zero attached hydrogens (tertiary/aromatic N) is 6. The number of likely N-dealkylation sites (N-methyl/N-ethyl adjacent to an activating group) is 4. The summed E-state index contributed by atoms with van der Waals surface area (Å²) in [5.74, 6) is -4.06. The Labute approximate surface area is 349 Å². The predicted molar refractivity (Wildman–Crippen MR) is 219 cm³/mol. The Morgan fingerprint density at radius 2 is 1.27 bits per heavy atom. The third-order valence-electron chi connectivity index (χ3n) is 10.5. The Bertz CT molecular complexity index is 1520. The number of imide groups is 3. The van der Waals surface area contributed by atoms with Crippen molar-refractivity contribution < 1.29 is 47.9 Å². The second-order valence-corrected chi connectivity index (χ2v) is 16.6. The lowest BCUT2D eigenvalue weighted by molar-refractivity contribution is -0.145. The van der Waals surface area contributed by atoms with E-state index in [-0.39, 0.29) is 30.8 Å². The van der Waals surface area contributed by atoms with Gasteiger partial charge in [0, 0.05) is 55.9 Å². The molecule has 1 fully saturated rings. The third-order valence-corrected chi connectivity index (χ3v) is 10.5. The largest absolute Gasteiger partial charge is 0.375 e. The van der Waals surface area contributed by atoms with Crippen LogP contribution in [0.1, 0.15) is 80.6 Å². The van der Waals surface area contributed by atoms with Crippen LogP contribution in [0.15, 0.2) is 0 Å². The fourth-order valence-corrected chi connectivity index (χ4v) is 6.75. The molecule has 0 aromatic heterocycles. The van der Waals surface area contributed by atoms with Crippen molar-refractivity contribution in [1.82, 2.24) is 45.3 Å². The molecule has 1 saturated heterocycles. The van der Waals surface area contributed by atoms with E-state index in [1.54, 1.807) is 13.8 Å². The molecule has 0 aromatic rings. The van der Waals surface area contributed by atoms with E-state index in [1.165, 1.54) is 52.1 Å². The summed E-state index contributed by atoms with van der Waals surface area (Å²) in [7, 11) is 9.06. The van der Waals surface area contributed by atoms with Crippen molar-refractivity contribution in [3.05, 3.63) is 0 Å². The Kier molecular flexibility index (Phi) is 20.8. The number of primary amides is 1. The molecule has 0 radical (unpaired) electrons. The number of urea groups is 4. The zero-order chi connectivity index (χ0) is 45.6. The summed E-state index contributed by atoms with van der Waals surface area (Å²) >= 11 is 0. The van der Waals surface area contributed by atoms with Crippen LogP contribution in [0.5, 0.6) is 0 Å². The molecular weight excluding hydrogens is 768 g/mol. The second-order valence-electron chi connectivity index (χ2n) is 16.6. The van der Waals surface area contributed by atoms with E-state index >= 15 is 0 Å². The van der Waals surface area contributed by atoms with Gasteiger partial charge in [-0.15, -0.1) is 0 Å². The normalized spacial score (nSPS) is 17.4. The van der Waals surface area contributed by atoms with Gasteiger partial charge in [-0.25, -0.2) is 29.0 Å². The van der Waals surface area contributed by atoms with Crippen LogP contribution in [0.3, 0.4) is 0 Å². The zero-order valence-electron chi connectivity index (χ0n) is 37.5. The maximum Gasteiger partial charge on any atom is 0.335 e. The first-order valence-electron chi connectivity index (χ1n) is 20.1. The molecule has 0 aliphatic carbocycles. The standard InChI is InChI=1S/C39H70N10O10/c1-22(2)19-26(32(40)51)46(11)35(54)29(24(5)6)42-33(52)27(20-23(3)4)45(10)28(50)21-44(9)37(56)43-34(53)30(31-25(7)17-15-16-18-59-31)47(12)38(57)49(14)39(58)48(13)36(55)41-8/h22-27,29-31H,15-21H2,1-14H3,(H2,40,51)(H,41,55)(H,42,52)(H,43,53,56)/t25-,26+,27+,29+,30+,31-/m1/s1. The summed E-state index contributed by atoms with van der Waals surface area (Å²) in [4.78, 5) is 125. The van der Waals surface area contributed by atoms with Gasteiger partial charge >= 0.3 is 24.1 Å². The third kappa shape index (κ3) is 14.6. The minimum absolute atomic E-state index is 0.0585. The number of hydrogen-bond acceptors (Lipinski definition) is 10. The summed E-state index contributed by atoms with van der Waals surface area (Å²) in [6.45, 7) is 12.5. The highest BCUT2D eigenvalue weighted by molar-refractivity contribution is 6.03. The van der Waals surface area contributed by atoms with Crippen molar-refractivity contribution in [3.63, 3.8) is 0 Å². The lowest BCUT2D eigenvalue weighted by Crippen LogP contribution is -2.61. The molecule has 20 nitrogen and oxygen atoms in total. The van der Waals surface area contributed by atoms with Crippen molar-refractivity contribution in [2.75, 3.05) is 62.5 Å². The minimum atomic E-state index is -1.41. The lowest BCUT2D eigenvalue weighted by atomic mass is 9.92. The van der Waals surface area contributed by atoms with Crippen LogP contribution in [0.25, 0.3) is 0 Å². The molecule has 1 heterocycles. The van der Waals surface area contributed by atoms with Gasteiger partial charge < -0.3 is 40.7 Å². The monoisotopic (exact) mass is 839 g/mol. The molecule has 20 heteroatoms. The van der Waals surface area contributed by atoms with Crippen LogP contribution in [0, 0.1) is 23.7 Å². The van der Waals surface area contributed by atoms with Gasteiger partial charge in [0.1, 0.15) is 30.7 Å². The van der Waals surface area contributed by atoms with Gasteiger partial charge in [-0.05, 0) is 49.4 Å². The van der Waals surface area contributed by atoms with Gasteiger partial charge in [-0.3, -0.25) is 29.3 Å². The maximum absolute atomic E-state index is 14.0. The van der Waals surface area contributed by atoms with Gasteiger partial charge in [-0.2, -0.15) is 0 Å². The molecule has 0 aromatic carbocycles. The zero-order valence-corrected chi connectivity index (χ0v) is 37.5. The Morgan fingerprint density at radius 3 is 1.78 bits per heavy atom. The van der Waals surface area contributed by atoms with E-state index in [4.69, 9.17) is 10.5 Å². The quantitative estimate of drug-likeness (QED) is 0.174. The molecule has 336 valence electrons. The highest BCUT2D eigenvalue weighted by Gasteiger charge is 2.42. The highest BCUT2D eigenvalue weighted by atomic mass is 16.5. The molecule has 1 aliphatic heterocycles. The molecule has 1 rings (SSSR count). The average molecular weight is 839 g/mol. The number of hydrogen-bond donors (Lipinski definition) is 4. The first-order valence-corrected chi connectivity index (χ1v) is 20.1. The molecule has 0 saturated carbocycles. The number of rotatable bonds is 16. The van der Waals surface area contributed by atoms with Gasteiger partial charge in [0.15, 0.2) is 0 Å². The second kappa shape index (κ2) is 23.5. The average Bonchev–Trinajstić information content (AvgIpc) is 3.38. The summed E-state index contributed by atoms with van der Waals surface area (Å²) in [5.41, 5.74) is 5.63. The van der Waals surface area contributed by atoms with Crippen molar-refractivity contribution in [1.29, 1.82) is 0 Å². The van der Waals surface area contributed by atoms with E-state index in [1.807, 2.05) is 34.6 Å². The molecular formula is C39H70N10O10. The summed E-state index contributed by atoms with van der Waals surface area (Å²) < 4.78 is 6.04. The Morgan fingerprint density at radius 1 is 0.712 bits per heavy atom. The fourth-order valence-electron chi connectivity index (χ4n) is 6.75. The van der Waals surface area contributed by atoms with Crippen LogP contribution >= 0.6 is 0 Å². The summed E-state index contributed by atoms with van der Waals surface area (Å²) in [6.07, 6.45) is 1.80. The Hall–Kier alpha value is -5.01. The SMILES string of the molecule is CNC(=O)N(C)C(=O)N(C)C(=O)N(C)[C@H](C(=O)NC(=O)N(C)CC(=O)N(C)[C@@H](CC(C)C)C(=O)N[C@H](C(=O)N(C)[C@@H](CC(C)C)C(N)=O)C(C)C)[C@@H]1OCCCC[C@H]1C. The first kappa shape index (κ1) is 52.0. The number of carbonyl (C=O) groups excluding carboxylic acids is 9. The van der Waals surface area contributed by atoms with Gasteiger partial charge in [0.25, 0.3) is 5.91 Å². The lowest BCUT2D eigenvalue weighted by Gasteiger charge is -2.37. The van der Waals surface area contributed by atoms with Crippen molar-refractivity contribution in [3.8, 4) is 0 Å². The number of nitrogens with one attached hydrogen (secondary N) is 3. The van der Waals surface area contributed by atoms with E-state index in [2.05, 4.69) is 16.0 Å². The molecule has 0 spiro atoms. The van der Waals surface area contributed by atoms with Crippen molar-refractivity contribution >= 4 is 53.7 Å². The van der Waals surface area contributed by atoms with E-state index in [9.17, 15) is 43.2 Å².